The maximum absolute atomic E-state index is 12.9. The van der Waals surface area contributed by atoms with Crippen LogP contribution in [-0.2, 0) is 11.2 Å². The minimum atomic E-state index is 0.168. The summed E-state index contributed by atoms with van der Waals surface area (Å²) >= 11 is 0. The van der Waals surface area contributed by atoms with Gasteiger partial charge in [-0.15, -0.1) is 0 Å². The van der Waals surface area contributed by atoms with E-state index in [9.17, 15) is 4.79 Å². The number of carbonyl (C=O) groups excluding carboxylic acids is 1. The largest absolute Gasteiger partial charge is 0.497 e. The van der Waals surface area contributed by atoms with Gasteiger partial charge in [-0.25, -0.2) is 0 Å². The minimum Gasteiger partial charge on any atom is -0.497 e. The van der Waals surface area contributed by atoms with Gasteiger partial charge in [0.1, 0.15) is 5.75 Å². The number of amides is 1. The first-order valence-corrected chi connectivity index (χ1v) is 8.60. The van der Waals surface area contributed by atoms with E-state index in [1.165, 1.54) is 18.4 Å². The molecule has 126 valence electrons. The van der Waals surface area contributed by atoms with Crippen LogP contribution in [0.5, 0.6) is 5.75 Å². The first-order valence-electron chi connectivity index (χ1n) is 8.60. The Balaban J connectivity index is 1.76. The molecule has 0 radical (unpaired) electrons. The van der Waals surface area contributed by atoms with Crippen LogP contribution < -0.4 is 4.74 Å². The molecular formula is C20H24N2O2. The lowest BCUT2D eigenvalue weighted by atomic mass is 10.0. The first kappa shape index (κ1) is 16.5. The molecule has 1 amide bonds. The van der Waals surface area contributed by atoms with Gasteiger partial charge in [0, 0.05) is 18.9 Å². The Kier molecular flexibility index (Phi) is 5.47. The maximum atomic E-state index is 12.9. The number of hydrogen-bond donors (Lipinski definition) is 0. The Labute approximate surface area is 143 Å². The number of pyridine rings is 1. The van der Waals surface area contributed by atoms with Crippen LogP contribution in [0.3, 0.4) is 0 Å². The number of nitrogens with zero attached hydrogens (tertiary/aromatic N) is 2. The Morgan fingerprint density at radius 1 is 1.12 bits per heavy atom. The summed E-state index contributed by atoms with van der Waals surface area (Å²) in [4.78, 5) is 19.1. The molecule has 3 rings (SSSR count). The van der Waals surface area contributed by atoms with Crippen molar-refractivity contribution in [2.75, 3.05) is 13.7 Å². The summed E-state index contributed by atoms with van der Waals surface area (Å²) < 4.78 is 5.18. The van der Waals surface area contributed by atoms with Gasteiger partial charge >= 0.3 is 0 Å². The summed E-state index contributed by atoms with van der Waals surface area (Å²) in [5, 5.41) is 0. The summed E-state index contributed by atoms with van der Waals surface area (Å²) in [7, 11) is 1.65. The van der Waals surface area contributed by atoms with Crippen molar-refractivity contribution in [3.8, 4) is 5.75 Å². The molecule has 1 fully saturated rings. The van der Waals surface area contributed by atoms with Crippen LogP contribution in [-0.4, -0.2) is 29.4 Å². The predicted molar refractivity (Wildman–Crippen MR) is 93.9 cm³/mol. The number of rotatable bonds is 4. The molecule has 0 aliphatic carbocycles. The predicted octanol–water partition coefficient (Wildman–Crippen LogP) is 3.78. The third-order valence-corrected chi connectivity index (χ3v) is 4.68. The van der Waals surface area contributed by atoms with Crippen molar-refractivity contribution in [1.29, 1.82) is 0 Å². The van der Waals surface area contributed by atoms with E-state index in [0.29, 0.717) is 6.42 Å². The average Bonchev–Trinajstić information content (AvgIpc) is 2.89. The summed E-state index contributed by atoms with van der Waals surface area (Å²) in [5.41, 5.74) is 2.22. The molecule has 0 saturated carbocycles. The van der Waals surface area contributed by atoms with E-state index in [1.54, 1.807) is 7.11 Å². The van der Waals surface area contributed by atoms with Crippen molar-refractivity contribution < 1.29 is 9.53 Å². The van der Waals surface area contributed by atoms with Crippen molar-refractivity contribution >= 4 is 5.91 Å². The molecule has 2 aromatic rings. The van der Waals surface area contributed by atoms with Crippen LogP contribution in [0.1, 0.15) is 42.9 Å². The third-order valence-electron chi connectivity index (χ3n) is 4.68. The van der Waals surface area contributed by atoms with Gasteiger partial charge in [0.25, 0.3) is 0 Å². The van der Waals surface area contributed by atoms with Crippen LogP contribution in [0.25, 0.3) is 0 Å². The van der Waals surface area contributed by atoms with Gasteiger partial charge in [-0.1, -0.05) is 25.0 Å². The SMILES string of the molecule is COc1ccc(CC(=O)N2CCCCC[C@@H]2c2ccncc2)cc1. The molecule has 1 aromatic heterocycles. The molecule has 1 aromatic carbocycles. The van der Waals surface area contributed by atoms with E-state index in [1.807, 2.05) is 48.8 Å². The minimum absolute atomic E-state index is 0.168. The van der Waals surface area contributed by atoms with Crippen molar-refractivity contribution in [3.63, 3.8) is 0 Å². The average molecular weight is 324 g/mol. The van der Waals surface area contributed by atoms with Crippen molar-refractivity contribution in [2.45, 2.75) is 38.1 Å². The fourth-order valence-corrected chi connectivity index (χ4v) is 3.36. The Bertz CT molecular complexity index is 655. The van der Waals surface area contributed by atoms with Gasteiger partial charge in [0.05, 0.1) is 19.6 Å². The van der Waals surface area contributed by atoms with E-state index in [2.05, 4.69) is 9.88 Å². The van der Waals surface area contributed by atoms with E-state index >= 15 is 0 Å². The highest BCUT2D eigenvalue weighted by molar-refractivity contribution is 5.79. The normalized spacial score (nSPS) is 18.0. The van der Waals surface area contributed by atoms with Gasteiger partial charge < -0.3 is 9.64 Å². The van der Waals surface area contributed by atoms with E-state index in [4.69, 9.17) is 4.74 Å². The maximum Gasteiger partial charge on any atom is 0.227 e. The molecule has 0 N–H and O–H groups in total. The highest BCUT2D eigenvalue weighted by Crippen LogP contribution is 2.30. The van der Waals surface area contributed by atoms with Gasteiger partial charge in [-0.2, -0.15) is 0 Å². The lowest BCUT2D eigenvalue weighted by Crippen LogP contribution is -2.35. The van der Waals surface area contributed by atoms with Crippen molar-refractivity contribution in [2.24, 2.45) is 0 Å². The van der Waals surface area contributed by atoms with Crippen LogP contribution in [0.4, 0.5) is 0 Å². The zero-order valence-electron chi connectivity index (χ0n) is 14.1. The first-order chi connectivity index (χ1) is 11.8. The number of carbonyl (C=O) groups is 1. The van der Waals surface area contributed by atoms with Crippen LogP contribution in [0.15, 0.2) is 48.8 Å². The Hall–Kier alpha value is -2.36. The quantitative estimate of drug-likeness (QED) is 0.859. The number of benzene rings is 1. The topological polar surface area (TPSA) is 42.4 Å². The van der Waals surface area contributed by atoms with Crippen LogP contribution >= 0.6 is 0 Å². The Morgan fingerprint density at radius 3 is 2.58 bits per heavy atom. The number of hydrogen-bond acceptors (Lipinski definition) is 3. The fourth-order valence-electron chi connectivity index (χ4n) is 3.36. The number of aromatic nitrogens is 1. The van der Waals surface area contributed by atoms with Gasteiger partial charge in [-0.3, -0.25) is 9.78 Å². The molecule has 4 nitrogen and oxygen atoms in total. The highest BCUT2D eigenvalue weighted by atomic mass is 16.5. The molecule has 1 saturated heterocycles. The smallest absolute Gasteiger partial charge is 0.227 e. The molecule has 0 bridgehead atoms. The molecule has 2 heterocycles. The molecular weight excluding hydrogens is 300 g/mol. The Morgan fingerprint density at radius 2 is 1.88 bits per heavy atom. The summed E-state index contributed by atoms with van der Waals surface area (Å²) in [6.07, 6.45) is 8.52. The van der Waals surface area contributed by atoms with Crippen LogP contribution in [0.2, 0.25) is 0 Å². The van der Waals surface area contributed by atoms with Gasteiger partial charge in [0.15, 0.2) is 0 Å². The molecule has 1 atom stereocenters. The fraction of sp³-hybridized carbons (Fsp3) is 0.400. The standard InChI is InChI=1S/C20H24N2O2/c1-24-18-8-6-16(7-9-18)15-20(23)22-14-4-2-3-5-19(22)17-10-12-21-13-11-17/h6-13,19H,2-5,14-15H2,1H3/t19-/m1/s1. The molecule has 4 heteroatoms. The number of likely N-dealkylation sites (tertiary alicyclic amines) is 1. The monoisotopic (exact) mass is 324 g/mol. The van der Waals surface area contributed by atoms with Crippen LogP contribution in [0, 0.1) is 0 Å². The van der Waals surface area contributed by atoms with Crippen molar-refractivity contribution in [3.05, 3.63) is 59.9 Å². The summed E-state index contributed by atoms with van der Waals surface area (Å²) in [5.74, 6) is 1.01. The summed E-state index contributed by atoms with van der Waals surface area (Å²) in [6.45, 7) is 0.835. The molecule has 24 heavy (non-hydrogen) atoms. The lowest BCUT2D eigenvalue weighted by molar-refractivity contribution is -0.132. The third kappa shape index (κ3) is 3.94. The van der Waals surface area contributed by atoms with E-state index in [0.717, 1.165) is 30.7 Å². The zero-order valence-corrected chi connectivity index (χ0v) is 14.1. The summed E-state index contributed by atoms with van der Waals surface area (Å²) in [6, 6.07) is 12.0. The van der Waals surface area contributed by atoms with Crippen molar-refractivity contribution in [1.82, 2.24) is 9.88 Å². The second-order valence-corrected chi connectivity index (χ2v) is 6.26. The van der Waals surface area contributed by atoms with E-state index in [-0.39, 0.29) is 11.9 Å². The second kappa shape index (κ2) is 7.95. The number of ether oxygens (including phenoxy) is 1. The molecule has 1 aliphatic heterocycles. The molecule has 0 unspecified atom stereocenters. The zero-order chi connectivity index (χ0) is 16.8. The van der Waals surface area contributed by atoms with Gasteiger partial charge in [0.2, 0.25) is 5.91 Å². The highest BCUT2D eigenvalue weighted by Gasteiger charge is 2.26. The molecule has 0 spiro atoms. The van der Waals surface area contributed by atoms with E-state index < -0.39 is 0 Å². The lowest BCUT2D eigenvalue weighted by Gasteiger charge is -2.30. The second-order valence-electron chi connectivity index (χ2n) is 6.26. The number of methoxy groups -OCH3 is 1. The van der Waals surface area contributed by atoms with Gasteiger partial charge in [-0.05, 0) is 48.2 Å². The molecule has 1 aliphatic rings.